The molecule has 0 amide bonds. The first kappa shape index (κ1) is 22.7. The molecule has 4 aromatic carbocycles. The summed E-state index contributed by atoms with van der Waals surface area (Å²) in [5.41, 5.74) is 10.1. The van der Waals surface area contributed by atoms with Crippen molar-refractivity contribution in [1.29, 1.82) is 5.26 Å². The number of thiazole rings is 1. The molecule has 0 spiro atoms. The van der Waals surface area contributed by atoms with Gasteiger partial charge in [-0.25, -0.2) is 0 Å². The van der Waals surface area contributed by atoms with Gasteiger partial charge in [-0.05, 0) is 52.4 Å². The molecule has 1 heterocycles. The Bertz CT molecular complexity index is 1450. The van der Waals surface area contributed by atoms with E-state index in [1.165, 1.54) is 11.1 Å². The number of rotatable bonds is 7. The molecule has 0 N–H and O–H groups in total. The Morgan fingerprint density at radius 1 is 0.857 bits per heavy atom. The topological polar surface area (TPSA) is 45.9 Å². The molecule has 0 saturated heterocycles. The molecule has 5 aromatic rings. The van der Waals surface area contributed by atoms with E-state index < -0.39 is 0 Å². The molecule has 0 bridgehead atoms. The second kappa shape index (κ2) is 10.5. The molecule has 35 heavy (non-hydrogen) atoms. The number of hydrogen-bond acceptors (Lipinski definition) is 4. The van der Waals surface area contributed by atoms with Crippen molar-refractivity contribution in [2.24, 2.45) is 0 Å². The smallest absolute Gasteiger partial charge is 0.119 e. The van der Waals surface area contributed by atoms with Gasteiger partial charge in [-0.15, -0.1) is 11.3 Å². The Kier molecular flexibility index (Phi) is 6.81. The summed E-state index contributed by atoms with van der Waals surface area (Å²) >= 11 is 1.57. The van der Waals surface area contributed by atoms with Crippen LogP contribution in [0.2, 0.25) is 0 Å². The van der Waals surface area contributed by atoms with Crippen LogP contribution in [-0.2, 0) is 11.3 Å². The zero-order chi connectivity index (χ0) is 24.0. The average molecular weight is 473 g/mol. The summed E-state index contributed by atoms with van der Waals surface area (Å²) < 4.78 is 6.49. The number of aromatic nitrogens is 1. The Balaban J connectivity index is 1.44. The number of nitrogens with zero attached hydrogens (tertiary/aromatic N) is 2. The number of hydrogen-bond donors (Lipinski definition) is 0. The van der Waals surface area contributed by atoms with Crippen LogP contribution in [0.5, 0.6) is 0 Å². The molecule has 5 rings (SSSR count). The Morgan fingerprint density at radius 2 is 1.60 bits per heavy atom. The lowest BCUT2D eigenvalue weighted by Gasteiger charge is -2.19. The van der Waals surface area contributed by atoms with Crippen molar-refractivity contribution in [3.05, 3.63) is 136 Å². The van der Waals surface area contributed by atoms with Gasteiger partial charge >= 0.3 is 0 Å². The molecule has 0 saturated carbocycles. The molecule has 1 atom stereocenters. The van der Waals surface area contributed by atoms with Gasteiger partial charge in [0, 0.05) is 11.8 Å². The molecule has 0 fully saturated rings. The van der Waals surface area contributed by atoms with Gasteiger partial charge in [-0.3, -0.25) is 4.98 Å². The first-order valence-corrected chi connectivity index (χ1v) is 12.4. The van der Waals surface area contributed by atoms with Gasteiger partial charge in [-0.2, -0.15) is 5.26 Å². The second-order valence-corrected chi connectivity index (χ2v) is 9.31. The van der Waals surface area contributed by atoms with E-state index in [0.29, 0.717) is 12.2 Å². The highest BCUT2D eigenvalue weighted by atomic mass is 32.1. The van der Waals surface area contributed by atoms with Gasteiger partial charge in [0.25, 0.3) is 0 Å². The summed E-state index contributed by atoms with van der Waals surface area (Å²) in [6.07, 6.45) is 1.59. The molecular formula is C31H24N2OS. The van der Waals surface area contributed by atoms with Crippen LogP contribution in [0.4, 0.5) is 0 Å². The van der Waals surface area contributed by atoms with E-state index in [1.807, 2.05) is 42.0 Å². The Labute approximate surface area is 209 Å². The maximum atomic E-state index is 9.75. The lowest BCUT2D eigenvalue weighted by atomic mass is 9.93. The van der Waals surface area contributed by atoms with Crippen molar-refractivity contribution < 1.29 is 4.74 Å². The zero-order valence-electron chi connectivity index (χ0n) is 19.4. The lowest BCUT2D eigenvalue weighted by molar-refractivity contribution is 0.0689. The predicted molar refractivity (Wildman–Crippen MR) is 142 cm³/mol. The third-order valence-electron chi connectivity index (χ3n) is 6.09. The third kappa shape index (κ3) is 5.07. The highest BCUT2D eigenvalue weighted by Crippen LogP contribution is 2.35. The molecule has 4 heteroatoms. The summed E-state index contributed by atoms with van der Waals surface area (Å²) in [5, 5.41) is 9.75. The summed E-state index contributed by atoms with van der Waals surface area (Å²) in [5.74, 6) is 0. The first-order valence-electron chi connectivity index (χ1n) is 11.5. The minimum absolute atomic E-state index is 0.271. The Morgan fingerprint density at radius 3 is 2.31 bits per heavy atom. The number of nitriles is 1. The molecule has 170 valence electrons. The van der Waals surface area contributed by atoms with E-state index in [9.17, 15) is 5.26 Å². The van der Waals surface area contributed by atoms with E-state index in [2.05, 4.69) is 84.7 Å². The predicted octanol–water partition coefficient (Wildman–Crippen LogP) is 7.96. The van der Waals surface area contributed by atoms with E-state index >= 15 is 0 Å². The number of benzene rings is 4. The second-order valence-electron chi connectivity index (χ2n) is 8.39. The quantitative estimate of drug-likeness (QED) is 0.241. The molecular weight excluding hydrogens is 448 g/mol. The van der Waals surface area contributed by atoms with Crippen LogP contribution in [0.25, 0.3) is 22.3 Å². The fraction of sp³-hybridized carbons (Fsp3) is 0.0968. The normalized spacial score (nSPS) is 11.7. The van der Waals surface area contributed by atoms with E-state index in [-0.39, 0.29) is 6.10 Å². The number of aryl methyl sites for hydroxylation is 1. The van der Waals surface area contributed by atoms with Crippen LogP contribution in [0.3, 0.4) is 0 Å². The minimum atomic E-state index is -0.271. The third-order valence-corrected chi connectivity index (χ3v) is 6.91. The standard InChI is InChI=1S/C31H24N2OS/c1-22-7-5-6-10-28(22)29-17-26(15-16-27(29)18-32)31(30-19-33-21-35-30)34-20-23-11-13-25(14-12-23)24-8-3-2-4-9-24/h2-17,19,21,31H,20H2,1H3. The maximum absolute atomic E-state index is 9.75. The molecule has 0 radical (unpaired) electrons. The van der Waals surface area contributed by atoms with Crippen molar-refractivity contribution in [3.63, 3.8) is 0 Å². The van der Waals surface area contributed by atoms with Gasteiger partial charge in [0.1, 0.15) is 6.10 Å². The maximum Gasteiger partial charge on any atom is 0.119 e. The van der Waals surface area contributed by atoms with Gasteiger partial charge in [0.05, 0.1) is 28.6 Å². The molecule has 0 aliphatic carbocycles. The van der Waals surface area contributed by atoms with Crippen LogP contribution in [0, 0.1) is 18.3 Å². The lowest BCUT2D eigenvalue weighted by Crippen LogP contribution is -2.06. The van der Waals surface area contributed by atoms with E-state index in [0.717, 1.165) is 32.7 Å². The van der Waals surface area contributed by atoms with E-state index in [4.69, 9.17) is 4.74 Å². The van der Waals surface area contributed by atoms with Crippen molar-refractivity contribution in [1.82, 2.24) is 4.98 Å². The number of ether oxygens (including phenoxy) is 1. The summed E-state index contributed by atoms with van der Waals surface area (Å²) in [7, 11) is 0. The minimum Gasteiger partial charge on any atom is -0.363 e. The Hall–Kier alpha value is -4.04. The molecule has 0 aliphatic rings. The monoisotopic (exact) mass is 472 g/mol. The van der Waals surface area contributed by atoms with E-state index in [1.54, 1.807) is 11.3 Å². The first-order chi connectivity index (χ1) is 17.2. The van der Waals surface area contributed by atoms with Crippen LogP contribution < -0.4 is 0 Å². The van der Waals surface area contributed by atoms with Crippen LogP contribution in [0.15, 0.2) is 109 Å². The van der Waals surface area contributed by atoms with Crippen molar-refractivity contribution in [2.45, 2.75) is 19.6 Å². The van der Waals surface area contributed by atoms with Gasteiger partial charge in [-0.1, -0.05) is 84.9 Å². The van der Waals surface area contributed by atoms with Crippen LogP contribution >= 0.6 is 11.3 Å². The molecule has 3 nitrogen and oxygen atoms in total. The fourth-order valence-electron chi connectivity index (χ4n) is 4.22. The van der Waals surface area contributed by atoms with Gasteiger partial charge in [0.15, 0.2) is 0 Å². The molecule has 1 unspecified atom stereocenters. The summed E-state index contributed by atoms with van der Waals surface area (Å²) in [6, 6.07) is 35.3. The highest BCUT2D eigenvalue weighted by molar-refractivity contribution is 7.09. The highest BCUT2D eigenvalue weighted by Gasteiger charge is 2.19. The average Bonchev–Trinajstić information content (AvgIpc) is 3.45. The summed E-state index contributed by atoms with van der Waals surface area (Å²) in [6.45, 7) is 2.54. The van der Waals surface area contributed by atoms with Crippen molar-refractivity contribution in [2.75, 3.05) is 0 Å². The SMILES string of the molecule is Cc1ccccc1-c1cc(C(OCc2ccc(-c3ccccc3)cc2)c2cncs2)ccc1C#N. The molecule has 1 aromatic heterocycles. The largest absolute Gasteiger partial charge is 0.363 e. The van der Waals surface area contributed by atoms with Crippen LogP contribution in [0.1, 0.15) is 33.2 Å². The fourth-order valence-corrected chi connectivity index (χ4v) is 4.91. The van der Waals surface area contributed by atoms with Crippen LogP contribution in [-0.4, -0.2) is 4.98 Å². The van der Waals surface area contributed by atoms with Gasteiger partial charge < -0.3 is 4.74 Å². The van der Waals surface area contributed by atoms with Gasteiger partial charge in [0.2, 0.25) is 0 Å². The molecule has 0 aliphatic heterocycles. The van der Waals surface area contributed by atoms with Crippen molar-refractivity contribution >= 4 is 11.3 Å². The zero-order valence-corrected chi connectivity index (χ0v) is 20.2. The summed E-state index contributed by atoms with van der Waals surface area (Å²) in [4.78, 5) is 5.32. The van der Waals surface area contributed by atoms with Crippen molar-refractivity contribution in [3.8, 4) is 28.3 Å².